The van der Waals surface area contributed by atoms with Gasteiger partial charge in [0.2, 0.25) is 0 Å². The molecular weight excluding hydrogens is 436 g/mol. The Morgan fingerprint density at radius 1 is 1.00 bits per heavy atom. The Morgan fingerprint density at radius 2 is 1.79 bits per heavy atom. The smallest absolute Gasteiger partial charge is 0.254 e. The van der Waals surface area contributed by atoms with Crippen molar-refractivity contribution in [1.29, 1.82) is 0 Å². The lowest BCUT2D eigenvalue weighted by atomic mass is 10.0. The fraction of sp³-hybridized carbons (Fsp3) is 0.192. The summed E-state index contributed by atoms with van der Waals surface area (Å²) in [6.45, 7) is 2.80. The summed E-state index contributed by atoms with van der Waals surface area (Å²) in [7, 11) is 1.66. The van der Waals surface area contributed by atoms with E-state index in [1.165, 1.54) is 0 Å². The van der Waals surface area contributed by atoms with Crippen LogP contribution >= 0.6 is 11.6 Å². The molecule has 0 aliphatic carbocycles. The van der Waals surface area contributed by atoms with Gasteiger partial charge in [0.05, 0.1) is 23.9 Å². The number of hydrogen-bond donors (Lipinski definition) is 0. The van der Waals surface area contributed by atoms with Crippen LogP contribution < -0.4 is 9.64 Å². The van der Waals surface area contributed by atoms with E-state index >= 15 is 0 Å². The summed E-state index contributed by atoms with van der Waals surface area (Å²) in [5.41, 5.74) is 4.06. The number of methoxy groups -OCH3 is 1. The summed E-state index contributed by atoms with van der Waals surface area (Å²) in [6.07, 6.45) is 3.48. The van der Waals surface area contributed by atoms with Gasteiger partial charge in [-0.3, -0.25) is 9.78 Å². The van der Waals surface area contributed by atoms with Crippen molar-refractivity contribution in [3.8, 4) is 17.0 Å². The molecule has 2 aromatic heterocycles. The molecule has 7 heteroatoms. The molecule has 1 fully saturated rings. The number of carbonyl (C=O) groups excluding carboxylic acids is 1. The summed E-state index contributed by atoms with van der Waals surface area (Å²) >= 11 is 6.27. The number of pyridine rings is 2. The van der Waals surface area contributed by atoms with E-state index in [2.05, 4.69) is 22.0 Å². The van der Waals surface area contributed by atoms with Crippen molar-refractivity contribution >= 4 is 34.1 Å². The largest absolute Gasteiger partial charge is 0.497 e. The number of anilines is 1. The Balaban J connectivity index is 1.42. The Labute approximate surface area is 197 Å². The predicted octanol–water partition coefficient (Wildman–Crippen LogP) is 4.92. The van der Waals surface area contributed by atoms with E-state index in [-0.39, 0.29) is 5.91 Å². The van der Waals surface area contributed by atoms with Gasteiger partial charge in [-0.2, -0.15) is 0 Å². The predicted molar refractivity (Wildman–Crippen MR) is 131 cm³/mol. The second kappa shape index (κ2) is 9.08. The van der Waals surface area contributed by atoms with Crippen LogP contribution in [0.2, 0.25) is 5.02 Å². The molecule has 166 valence electrons. The second-order valence-corrected chi connectivity index (χ2v) is 8.37. The minimum atomic E-state index is -0.0100. The summed E-state index contributed by atoms with van der Waals surface area (Å²) in [6, 6.07) is 19.2. The number of nitrogens with zero attached hydrogens (tertiary/aromatic N) is 4. The summed E-state index contributed by atoms with van der Waals surface area (Å²) in [4.78, 5) is 26.8. The van der Waals surface area contributed by atoms with Crippen LogP contribution in [0.1, 0.15) is 10.4 Å². The molecule has 1 aliphatic rings. The first-order valence-electron chi connectivity index (χ1n) is 10.8. The number of piperazine rings is 1. The fourth-order valence-electron chi connectivity index (χ4n) is 4.17. The molecule has 0 radical (unpaired) electrons. The third-order valence-electron chi connectivity index (χ3n) is 5.96. The minimum Gasteiger partial charge on any atom is -0.497 e. The highest BCUT2D eigenvalue weighted by Gasteiger charge is 2.25. The minimum absolute atomic E-state index is 0.0100. The summed E-state index contributed by atoms with van der Waals surface area (Å²) in [5, 5.41) is 1.34. The normalized spacial score (nSPS) is 13.9. The zero-order chi connectivity index (χ0) is 22.8. The Kier molecular flexibility index (Phi) is 5.84. The van der Waals surface area contributed by atoms with Crippen LogP contribution in [0, 0.1) is 0 Å². The molecule has 0 unspecified atom stereocenters. The van der Waals surface area contributed by atoms with Crippen molar-refractivity contribution < 1.29 is 9.53 Å². The molecule has 1 saturated heterocycles. The van der Waals surface area contributed by atoms with Crippen LogP contribution in [0.3, 0.4) is 0 Å². The average Bonchev–Trinajstić information content (AvgIpc) is 2.88. The maximum Gasteiger partial charge on any atom is 0.254 e. The highest BCUT2D eigenvalue weighted by Crippen LogP contribution is 2.28. The number of rotatable bonds is 4. The number of amides is 1. The molecule has 0 spiro atoms. The molecule has 0 bridgehead atoms. The first-order chi connectivity index (χ1) is 16.1. The standard InChI is InChI=1S/C26H23ClN4O2/c1-33-21-7-5-20(6-8-21)30-11-13-31(14-12-30)26(32)23-16-25(18-3-2-10-28-17-18)29-24-9-4-19(27)15-22(23)24/h2-10,15-17H,11-14H2,1H3. The molecule has 0 saturated carbocycles. The van der Waals surface area contributed by atoms with Crippen molar-refractivity contribution in [2.24, 2.45) is 0 Å². The van der Waals surface area contributed by atoms with Crippen LogP contribution in [0.4, 0.5) is 5.69 Å². The van der Waals surface area contributed by atoms with E-state index in [1.807, 2.05) is 47.4 Å². The van der Waals surface area contributed by atoms with Crippen molar-refractivity contribution in [2.75, 3.05) is 38.2 Å². The quantitative estimate of drug-likeness (QED) is 0.434. The van der Waals surface area contributed by atoms with Gasteiger partial charge < -0.3 is 14.5 Å². The first-order valence-corrected chi connectivity index (χ1v) is 11.2. The lowest BCUT2D eigenvalue weighted by molar-refractivity contribution is 0.0748. The Hall–Kier alpha value is -3.64. The van der Waals surface area contributed by atoms with Crippen LogP contribution in [0.15, 0.2) is 73.1 Å². The van der Waals surface area contributed by atoms with Crippen LogP contribution in [0.25, 0.3) is 22.2 Å². The van der Waals surface area contributed by atoms with Gasteiger partial charge in [0.1, 0.15) is 5.75 Å². The zero-order valence-electron chi connectivity index (χ0n) is 18.2. The number of carbonyl (C=O) groups is 1. The summed E-state index contributed by atoms with van der Waals surface area (Å²) in [5.74, 6) is 0.824. The Morgan fingerprint density at radius 3 is 2.48 bits per heavy atom. The highest BCUT2D eigenvalue weighted by molar-refractivity contribution is 6.31. The molecule has 33 heavy (non-hydrogen) atoms. The van der Waals surface area contributed by atoms with Crippen molar-refractivity contribution in [3.63, 3.8) is 0 Å². The van der Waals surface area contributed by atoms with E-state index in [1.54, 1.807) is 25.6 Å². The van der Waals surface area contributed by atoms with Crippen molar-refractivity contribution in [1.82, 2.24) is 14.9 Å². The number of benzene rings is 2. The number of halogens is 1. The number of ether oxygens (including phenoxy) is 1. The first kappa shape index (κ1) is 21.2. The number of fused-ring (bicyclic) bond motifs is 1. The van der Waals surface area contributed by atoms with Gasteiger partial charge in [0.15, 0.2) is 0 Å². The summed E-state index contributed by atoms with van der Waals surface area (Å²) < 4.78 is 5.25. The highest BCUT2D eigenvalue weighted by atomic mass is 35.5. The average molecular weight is 459 g/mol. The Bertz CT molecular complexity index is 1290. The van der Waals surface area contributed by atoms with Crippen molar-refractivity contribution in [3.05, 3.63) is 83.6 Å². The van der Waals surface area contributed by atoms with E-state index < -0.39 is 0 Å². The van der Waals surface area contributed by atoms with Gasteiger partial charge >= 0.3 is 0 Å². The van der Waals surface area contributed by atoms with Gasteiger partial charge in [0, 0.05) is 60.2 Å². The molecule has 0 atom stereocenters. The maximum atomic E-state index is 13.6. The zero-order valence-corrected chi connectivity index (χ0v) is 19.0. The topological polar surface area (TPSA) is 58.6 Å². The fourth-order valence-corrected chi connectivity index (χ4v) is 4.34. The van der Waals surface area contributed by atoms with Crippen molar-refractivity contribution in [2.45, 2.75) is 0 Å². The maximum absolute atomic E-state index is 13.6. The third kappa shape index (κ3) is 4.34. The SMILES string of the molecule is COc1ccc(N2CCN(C(=O)c3cc(-c4cccnc4)nc4ccc(Cl)cc34)CC2)cc1. The van der Waals surface area contributed by atoms with Crippen LogP contribution in [-0.2, 0) is 0 Å². The monoisotopic (exact) mass is 458 g/mol. The number of hydrogen-bond acceptors (Lipinski definition) is 5. The molecule has 4 aromatic rings. The van der Waals surface area contributed by atoms with E-state index in [9.17, 15) is 4.79 Å². The van der Waals surface area contributed by atoms with E-state index in [4.69, 9.17) is 21.3 Å². The number of aromatic nitrogens is 2. The molecule has 1 aliphatic heterocycles. The van der Waals surface area contributed by atoms with E-state index in [0.29, 0.717) is 23.7 Å². The molecule has 6 nitrogen and oxygen atoms in total. The van der Waals surface area contributed by atoms with Crippen LogP contribution in [0.5, 0.6) is 5.75 Å². The van der Waals surface area contributed by atoms with Gasteiger partial charge in [-0.05, 0) is 60.7 Å². The van der Waals surface area contributed by atoms with Gasteiger partial charge in [-0.1, -0.05) is 11.6 Å². The molecule has 2 aromatic carbocycles. The van der Waals surface area contributed by atoms with E-state index in [0.717, 1.165) is 46.7 Å². The van der Waals surface area contributed by atoms with Crippen LogP contribution in [-0.4, -0.2) is 54.1 Å². The second-order valence-electron chi connectivity index (χ2n) is 7.94. The third-order valence-corrected chi connectivity index (χ3v) is 6.20. The lowest BCUT2D eigenvalue weighted by Gasteiger charge is -2.36. The molecule has 0 N–H and O–H groups in total. The molecular formula is C26H23ClN4O2. The molecule has 1 amide bonds. The molecule has 5 rings (SSSR count). The van der Waals surface area contributed by atoms with Gasteiger partial charge in [0.25, 0.3) is 5.91 Å². The molecule has 3 heterocycles. The van der Waals surface area contributed by atoms with Gasteiger partial charge in [-0.25, -0.2) is 4.98 Å². The lowest BCUT2D eigenvalue weighted by Crippen LogP contribution is -2.48. The van der Waals surface area contributed by atoms with Gasteiger partial charge in [-0.15, -0.1) is 0 Å².